The molecule has 0 radical (unpaired) electrons. The molecule has 9 heteroatoms. The third kappa shape index (κ3) is 4.13. The molecular weight excluding hydrogens is 434 g/mol. The molecule has 0 aliphatic rings. The van der Waals surface area contributed by atoms with Crippen LogP contribution in [0.15, 0.2) is 64.2 Å². The van der Waals surface area contributed by atoms with Crippen molar-refractivity contribution >= 4 is 26.0 Å². The summed E-state index contributed by atoms with van der Waals surface area (Å²) in [6.45, 7) is 2.03. The number of hydrogen-bond donors (Lipinski definition) is 0. The summed E-state index contributed by atoms with van der Waals surface area (Å²) < 4.78 is 37.8. The number of hydrogen-bond acceptors (Lipinski definition) is 6. The summed E-state index contributed by atoms with van der Waals surface area (Å²) in [5.41, 5.74) is 1.03. The van der Waals surface area contributed by atoms with Gasteiger partial charge < -0.3 is 8.92 Å². The van der Waals surface area contributed by atoms with E-state index in [1.807, 2.05) is 24.3 Å². The van der Waals surface area contributed by atoms with Crippen LogP contribution in [0.1, 0.15) is 12.5 Å². The second-order valence-corrected chi connectivity index (χ2v) is 7.72. The topological polar surface area (TPSA) is 94.2 Å². The molecule has 0 unspecified atom stereocenters. The highest BCUT2D eigenvalue weighted by molar-refractivity contribution is 9.10. The third-order valence-corrected chi connectivity index (χ3v) is 5.26. The monoisotopic (exact) mass is 447 g/mol. The lowest BCUT2D eigenvalue weighted by molar-refractivity contribution is 0.327. The quantitative estimate of drug-likeness (QED) is 0.534. The highest BCUT2D eigenvalue weighted by Gasteiger charge is 2.24. The van der Waals surface area contributed by atoms with Gasteiger partial charge in [0, 0.05) is 6.07 Å². The number of nitriles is 1. The van der Waals surface area contributed by atoms with Gasteiger partial charge in [0.05, 0.1) is 40.8 Å². The maximum Gasteiger partial charge on any atom is 0.342 e. The Balaban J connectivity index is 1.96. The minimum atomic E-state index is -4.16. The van der Waals surface area contributed by atoms with Crippen LogP contribution in [0.2, 0.25) is 0 Å². The van der Waals surface area contributed by atoms with Crippen molar-refractivity contribution in [1.82, 2.24) is 9.78 Å². The minimum Gasteiger partial charge on any atom is -0.490 e. The van der Waals surface area contributed by atoms with Gasteiger partial charge in [0.25, 0.3) is 0 Å². The van der Waals surface area contributed by atoms with Gasteiger partial charge in [0.15, 0.2) is 11.5 Å². The van der Waals surface area contributed by atoms with Gasteiger partial charge >= 0.3 is 10.1 Å². The van der Waals surface area contributed by atoms with Crippen LogP contribution >= 0.6 is 15.9 Å². The van der Waals surface area contributed by atoms with E-state index < -0.39 is 10.1 Å². The van der Waals surface area contributed by atoms with E-state index in [9.17, 15) is 8.42 Å². The highest BCUT2D eigenvalue weighted by atomic mass is 79.9. The molecule has 0 N–H and O–H groups in total. The summed E-state index contributed by atoms with van der Waals surface area (Å²) in [5, 5.41) is 13.1. The fourth-order valence-corrected chi connectivity index (χ4v) is 3.81. The van der Waals surface area contributed by atoms with Gasteiger partial charge in [-0.3, -0.25) is 0 Å². The maximum atomic E-state index is 12.7. The first kappa shape index (κ1) is 18.9. The lowest BCUT2D eigenvalue weighted by Crippen LogP contribution is -2.11. The molecule has 0 amide bonds. The van der Waals surface area contributed by atoms with Crippen LogP contribution in [0.25, 0.3) is 5.69 Å². The fourth-order valence-electron chi connectivity index (χ4n) is 2.29. The van der Waals surface area contributed by atoms with Gasteiger partial charge in [0.2, 0.25) is 0 Å². The zero-order valence-electron chi connectivity index (χ0n) is 14.2. The van der Waals surface area contributed by atoms with Crippen molar-refractivity contribution in [2.24, 2.45) is 0 Å². The summed E-state index contributed by atoms with van der Waals surface area (Å²) >= 11 is 3.23. The van der Waals surface area contributed by atoms with Gasteiger partial charge in [0.1, 0.15) is 4.90 Å². The number of nitrogens with zero attached hydrogens (tertiary/aromatic N) is 3. The van der Waals surface area contributed by atoms with Crippen molar-refractivity contribution in [3.8, 4) is 23.3 Å². The molecule has 0 aliphatic heterocycles. The van der Waals surface area contributed by atoms with Crippen molar-refractivity contribution in [2.75, 3.05) is 6.61 Å². The van der Waals surface area contributed by atoms with Crippen LogP contribution in [-0.2, 0) is 10.1 Å². The van der Waals surface area contributed by atoms with E-state index in [1.54, 1.807) is 19.1 Å². The predicted octanol–water partition coefficient (Wildman–Crippen LogP) is 3.67. The average Bonchev–Trinajstić information content (AvgIpc) is 3.16. The lowest BCUT2D eigenvalue weighted by atomic mass is 10.2. The maximum absolute atomic E-state index is 12.7. The molecule has 0 saturated heterocycles. The molecule has 2 aromatic carbocycles. The van der Waals surface area contributed by atoms with Gasteiger partial charge in [-0.25, -0.2) is 4.68 Å². The minimum absolute atomic E-state index is 0.0247. The van der Waals surface area contributed by atoms with E-state index in [1.165, 1.54) is 29.2 Å². The summed E-state index contributed by atoms with van der Waals surface area (Å²) in [7, 11) is -4.16. The van der Waals surface area contributed by atoms with Crippen molar-refractivity contribution in [3.63, 3.8) is 0 Å². The number of para-hydroxylation sites is 1. The normalized spacial score (nSPS) is 11.0. The molecule has 0 saturated carbocycles. The Kier molecular flexibility index (Phi) is 5.48. The van der Waals surface area contributed by atoms with Crippen LogP contribution in [0.3, 0.4) is 0 Å². The molecule has 3 rings (SSSR count). The van der Waals surface area contributed by atoms with Crippen LogP contribution in [0.4, 0.5) is 0 Å². The lowest BCUT2D eigenvalue weighted by Gasteiger charge is -2.13. The first-order chi connectivity index (χ1) is 12.9. The molecule has 0 spiro atoms. The van der Waals surface area contributed by atoms with Crippen LogP contribution in [0, 0.1) is 11.3 Å². The smallest absolute Gasteiger partial charge is 0.342 e. The SMILES string of the molecule is CCOc1cc(C#N)cc(Br)c1OS(=O)(=O)c1cnn(-c2ccccc2)c1. The fraction of sp³-hybridized carbons (Fsp3) is 0.111. The van der Waals surface area contributed by atoms with Crippen molar-refractivity contribution < 1.29 is 17.3 Å². The summed E-state index contributed by atoms with van der Waals surface area (Å²) in [6.07, 6.45) is 2.57. The van der Waals surface area contributed by atoms with Gasteiger partial charge in [-0.1, -0.05) is 18.2 Å². The Morgan fingerprint density at radius 2 is 2.00 bits per heavy atom. The third-order valence-electron chi connectivity index (χ3n) is 3.50. The van der Waals surface area contributed by atoms with Crippen molar-refractivity contribution in [3.05, 3.63) is 64.9 Å². The van der Waals surface area contributed by atoms with Gasteiger partial charge in [-0.15, -0.1) is 0 Å². The average molecular weight is 448 g/mol. The van der Waals surface area contributed by atoms with Crippen LogP contribution in [0.5, 0.6) is 11.5 Å². The summed E-state index contributed by atoms with van der Waals surface area (Å²) in [6, 6.07) is 14.0. The highest BCUT2D eigenvalue weighted by Crippen LogP contribution is 2.38. The Hall–Kier alpha value is -2.83. The molecule has 138 valence electrons. The van der Waals surface area contributed by atoms with Crippen molar-refractivity contribution in [1.29, 1.82) is 5.26 Å². The predicted molar refractivity (Wildman–Crippen MR) is 101 cm³/mol. The number of aromatic nitrogens is 2. The van der Waals surface area contributed by atoms with Gasteiger partial charge in [-0.05, 0) is 41.1 Å². The Labute approximate surface area is 165 Å². The van der Waals surface area contributed by atoms with Gasteiger partial charge in [-0.2, -0.15) is 18.8 Å². The number of halogens is 1. The molecule has 0 atom stereocenters. The molecular formula is C18H14BrN3O4S. The summed E-state index contributed by atoms with van der Waals surface area (Å²) in [4.78, 5) is -0.106. The first-order valence-electron chi connectivity index (χ1n) is 7.85. The molecule has 0 fully saturated rings. The first-order valence-corrected chi connectivity index (χ1v) is 10.1. The molecule has 7 nitrogen and oxygen atoms in total. The summed E-state index contributed by atoms with van der Waals surface area (Å²) in [5.74, 6) is 0.130. The van der Waals surface area contributed by atoms with E-state index in [0.29, 0.717) is 15.7 Å². The number of ether oxygens (including phenoxy) is 1. The molecule has 0 aliphatic carbocycles. The molecule has 1 aromatic heterocycles. The van der Waals surface area contributed by atoms with E-state index in [0.717, 1.165) is 0 Å². The van der Waals surface area contributed by atoms with E-state index >= 15 is 0 Å². The zero-order chi connectivity index (χ0) is 19.4. The Morgan fingerprint density at radius 3 is 2.67 bits per heavy atom. The Morgan fingerprint density at radius 1 is 1.26 bits per heavy atom. The van der Waals surface area contributed by atoms with Crippen LogP contribution in [-0.4, -0.2) is 24.8 Å². The van der Waals surface area contributed by atoms with Crippen LogP contribution < -0.4 is 8.92 Å². The van der Waals surface area contributed by atoms with Crippen molar-refractivity contribution in [2.45, 2.75) is 11.8 Å². The number of benzene rings is 2. The van der Waals surface area contributed by atoms with E-state index in [2.05, 4.69) is 21.0 Å². The molecule has 0 bridgehead atoms. The molecule has 27 heavy (non-hydrogen) atoms. The van der Waals surface area contributed by atoms with E-state index in [-0.39, 0.29) is 23.0 Å². The number of rotatable bonds is 6. The second kappa shape index (κ2) is 7.82. The molecule has 3 aromatic rings. The van der Waals surface area contributed by atoms with E-state index in [4.69, 9.17) is 14.2 Å². The second-order valence-electron chi connectivity index (χ2n) is 5.32. The largest absolute Gasteiger partial charge is 0.490 e. The zero-order valence-corrected chi connectivity index (χ0v) is 16.6. The standard InChI is InChI=1S/C18H14BrN3O4S/c1-2-25-17-9-13(10-20)8-16(19)18(17)26-27(23,24)15-11-21-22(12-15)14-6-4-3-5-7-14/h3-9,11-12H,2H2,1H3. The molecule has 1 heterocycles. The Bertz CT molecular complexity index is 1110.